The number of nitrogens with zero attached hydrogens (tertiary/aromatic N) is 2. The Morgan fingerprint density at radius 1 is 1.08 bits per heavy atom. The summed E-state index contributed by atoms with van der Waals surface area (Å²) >= 11 is 0. The molecule has 6 heteroatoms. The highest BCUT2D eigenvalue weighted by Crippen LogP contribution is 2.09. The molecule has 0 radical (unpaired) electrons. The molecule has 0 spiro atoms. The van der Waals surface area contributed by atoms with Crippen LogP contribution in [0.4, 0.5) is 5.69 Å². The molecule has 2 aromatic carbocycles. The molecule has 0 atom stereocenters. The molecule has 0 aliphatic rings. The maximum Gasteiger partial charge on any atom is 0.251 e. The fourth-order valence-corrected chi connectivity index (χ4v) is 2.65. The van der Waals surface area contributed by atoms with Gasteiger partial charge in [0.05, 0.1) is 6.54 Å². The summed E-state index contributed by atoms with van der Waals surface area (Å²) in [4.78, 5) is 27.0. The molecule has 6 nitrogen and oxygen atoms in total. The van der Waals surface area contributed by atoms with Crippen molar-refractivity contribution in [1.29, 1.82) is 0 Å². The molecule has 0 bridgehead atoms. The fourth-order valence-electron chi connectivity index (χ4n) is 2.65. The lowest BCUT2D eigenvalue weighted by atomic mass is 10.1. The van der Waals surface area contributed by atoms with Crippen molar-refractivity contribution in [1.82, 2.24) is 14.9 Å². The Morgan fingerprint density at radius 3 is 2.58 bits per heavy atom. The zero-order chi connectivity index (χ0) is 18.2. The largest absolute Gasteiger partial charge is 0.345 e. The van der Waals surface area contributed by atoms with Crippen molar-refractivity contribution in [3.63, 3.8) is 0 Å². The maximum absolute atomic E-state index is 12.3. The third kappa shape index (κ3) is 4.57. The number of imidazole rings is 1. The Hall–Kier alpha value is -3.41. The highest BCUT2D eigenvalue weighted by Gasteiger charge is 2.08. The SMILES string of the molecule is O=CNc1ccc(C(=O)NCc2nccn2CCc2ccccc2)cc1. The molecule has 1 heterocycles. The minimum atomic E-state index is -0.180. The van der Waals surface area contributed by atoms with E-state index in [-0.39, 0.29) is 5.91 Å². The highest BCUT2D eigenvalue weighted by atomic mass is 16.1. The molecule has 0 saturated carbocycles. The Balaban J connectivity index is 1.55. The summed E-state index contributed by atoms with van der Waals surface area (Å²) in [5.41, 5.74) is 2.44. The Labute approximate surface area is 151 Å². The number of aromatic nitrogens is 2. The van der Waals surface area contributed by atoms with E-state index in [0.717, 1.165) is 18.8 Å². The molecule has 3 rings (SSSR count). The second-order valence-corrected chi connectivity index (χ2v) is 5.79. The van der Waals surface area contributed by atoms with Crippen LogP contribution in [-0.4, -0.2) is 21.9 Å². The van der Waals surface area contributed by atoms with E-state index in [9.17, 15) is 9.59 Å². The zero-order valence-corrected chi connectivity index (χ0v) is 14.3. The van der Waals surface area contributed by atoms with Crippen molar-refractivity contribution >= 4 is 18.0 Å². The number of hydrogen-bond donors (Lipinski definition) is 2. The minimum Gasteiger partial charge on any atom is -0.345 e. The molecule has 1 aromatic heterocycles. The molecule has 132 valence electrons. The van der Waals surface area contributed by atoms with Gasteiger partial charge in [0.15, 0.2) is 0 Å². The van der Waals surface area contributed by atoms with Crippen molar-refractivity contribution in [2.75, 3.05) is 5.32 Å². The third-order valence-electron chi connectivity index (χ3n) is 4.07. The monoisotopic (exact) mass is 348 g/mol. The molecule has 0 aliphatic carbocycles. The van der Waals surface area contributed by atoms with Crippen LogP contribution in [0.15, 0.2) is 67.0 Å². The summed E-state index contributed by atoms with van der Waals surface area (Å²) in [6, 6.07) is 17.0. The van der Waals surface area contributed by atoms with Gasteiger partial charge in [0.2, 0.25) is 6.41 Å². The van der Waals surface area contributed by atoms with Gasteiger partial charge in [-0.05, 0) is 36.2 Å². The maximum atomic E-state index is 12.3. The molecule has 0 saturated heterocycles. The summed E-state index contributed by atoms with van der Waals surface area (Å²) in [6.45, 7) is 1.16. The first-order valence-corrected chi connectivity index (χ1v) is 8.38. The molecule has 26 heavy (non-hydrogen) atoms. The lowest BCUT2D eigenvalue weighted by molar-refractivity contribution is -0.105. The molecule has 2 N–H and O–H groups in total. The number of aryl methyl sites for hydroxylation is 2. The molecular weight excluding hydrogens is 328 g/mol. The van der Waals surface area contributed by atoms with Crippen molar-refractivity contribution in [2.45, 2.75) is 19.5 Å². The summed E-state index contributed by atoms with van der Waals surface area (Å²) in [6.07, 6.45) is 5.17. The van der Waals surface area contributed by atoms with Gasteiger partial charge in [0.25, 0.3) is 5.91 Å². The summed E-state index contributed by atoms with van der Waals surface area (Å²) in [5, 5.41) is 5.42. The van der Waals surface area contributed by atoms with E-state index in [2.05, 4.69) is 27.8 Å². The number of rotatable bonds is 8. The highest BCUT2D eigenvalue weighted by molar-refractivity contribution is 5.94. The smallest absolute Gasteiger partial charge is 0.251 e. The van der Waals surface area contributed by atoms with Crippen LogP contribution in [0.2, 0.25) is 0 Å². The van der Waals surface area contributed by atoms with E-state index < -0.39 is 0 Å². The van der Waals surface area contributed by atoms with Crippen LogP contribution in [0.3, 0.4) is 0 Å². The van der Waals surface area contributed by atoms with Gasteiger partial charge in [-0.3, -0.25) is 9.59 Å². The molecule has 2 amide bonds. The van der Waals surface area contributed by atoms with Crippen LogP contribution in [0.5, 0.6) is 0 Å². The van der Waals surface area contributed by atoms with E-state index in [1.54, 1.807) is 30.5 Å². The molecule has 3 aromatic rings. The topological polar surface area (TPSA) is 76.0 Å². The summed E-state index contributed by atoms with van der Waals surface area (Å²) < 4.78 is 2.05. The average molecular weight is 348 g/mol. The van der Waals surface area contributed by atoms with Crippen LogP contribution >= 0.6 is 0 Å². The van der Waals surface area contributed by atoms with Crippen molar-refractivity contribution < 1.29 is 9.59 Å². The van der Waals surface area contributed by atoms with E-state index in [0.29, 0.717) is 24.2 Å². The van der Waals surface area contributed by atoms with Gasteiger partial charge in [0.1, 0.15) is 5.82 Å². The first kappa shape index (κ1) is 17.4. The van der Waals surface area contributed by atoms with E-state index in [1.165, 1.54) is 5.56 Å². The second-order valence-electron chi connectivity index (χ2n) is 5.79. The first-order valence-electron chi connectivity index (χ1n) is 8.38. The van der Waals surface area contributed by atoms with Gasteiger partial charge in [0, 0.05) is 30.2 Å². The zero-order valence-electron chi connectivity index (χ0n) is 14.3. The average Bonchev–Trinajstić information content (AvgIpc) is 3.13. The van der Waals surface area contributed by atoms with Crippen LogP contribution in [0.25, 0.3) is 0 Å². The van der Waals surface area contributed by atoms with Crippen LogP contribution in [-0.2, 0) is 24.3 Å². The quantitative estimate of drug-likeness (QED) is 0.615. The van der Waals surface area contributed by atoms with Crippen LogP contribution in [0.1, 0.15) is 21.7 Å². The van der Waals surface area contributed by atoms with Gasteiger partial charge in [-0.1, -0.05) is 30.3 Å². The Morgan fingerprint density at radius 2 is 1.85 bits per heavy atom. The number of hydrogen-bond acceptors (Lipinski definition) is 3. The lowest BCUT2D eigenvalue weighted by Crippen LogP contribution is -2.24. The predicted molar refractivity (Wildman–Crippen MR) is 99.7 cm³/mol. The number of benzene rings is 2. The molecule has 0 unspecified atom stereocenters. The number of carbonyl (C=O) groups excluding carboxylic acids is 2. The van der Waals surface area contributed by atoms with Crippen LogP contribution in [0, 0.1) is 0 Å². The molecule has 0 aliphatic heterocycles. The first-order chi connectivity index (χ1) is 12.8. The molecule has 0 fully saturated rings. The number of carbonyl (C=O) groups is 2. The normalized spacial score (nSPS) is 10.3. The van der Waals surface area contributed by atoms with E-state index in [1.807, 2.05) is 29.0 Å². The minimum absolute atomic E-state index is 0.180. The van der Waals surface area contributed by atoms with E-state index in [4.69, 9.17) is 0 Å². The van der Waals surface area contributed by atoms with Gasteiger partial charge in [-0.2, -0.15) is 0 Å². The number of amides is 2. The lowest BCUT2D eigenvalue weighted by Gasteiger charge is -2.09. The third-order valence-corrected chi connectivity index (χ3v) is 4.07. The van der Waals surface area contributed by atoms with Gasteiger partial charge < -0.3 is 15.2 Å². The Kier molecular flexibility index (Phi) is 5.77. The fraction of sp³-hybridized carbons (Fsp3) is 0.150. The van der Waals surface area contributed by atoms with Crippen LogP contribution < -0.4 is 10.6 Å². The van der Waals surface area contributed by atoms with Gasteiger partial charge in [-0.15, -0.1) is 0 Å². The Bertz CT molecular complexity index is 857. The van der Waals surface area contributed by atoms with Gasteiger partial charge >= 0.3 is 0 Å². The van der Waals surface area contributed by atoms with Crippen molar-refractivity contribution in [3.8, 4) is 0 Å². The van der Waals surface area contributed by atoms with E-state index >= 15 is 0 Å². The van der Waals surface area contributed by atoms with Crippen molar-refractivity contribution in [3.05, 3.63) is 83.9 Å². The summed E-state index contributed by atoms with van der Waals surface area (Å²) in [5.74, 6) is 0.633. The summed E-state index contributed by atoms with van der Waals surface area (Å²) in [7, 11) is 0. The van der Waals surface area contributed by atoms with Gasteiger partial charge in [-0.25, -0.2) is 4.98 Å². The predicted octanol–water partition coefficient (Wildman–Crippen LogP) is 2.62. The second kappa shape index (κ2) is 8.62. The standard InChI is InChI=1S/C20H20N4O2/c25-15-23-18-8-6-17(7-9-18)20(26)22-14-19-21-11-13-24(19)12-10-16-4-2-1-3-5-16/h1-9,11,13,15H,10,12,14H2,(H,22,26)(H,23,25). The molecular formula is C20H20N4O2. The number of anilines is 1. The number of nitrogens with one attached hydrogen (secondary N) is 2. The van der Waals surface area contributed by atoms with Crippen molar-refractivity contribution in [2.24, 2.45) is 0 Å².